The van der Waals surface area contributed by atoms with E-state index in [1.54, 1.807) is 16.9 Å². The van der Waals surface area contributed by atoms with Crippen LogP contribution >= 0.6 is 11.6 Å². The summed E-state index contributed by atoms with van der Waals surface area (Å²) in [5.41, 5.74) is 1.27. The van der Waals surface area contributed by atoms with Crippen molar-refractivity contribution in [2.45, 2.75) is 25.7 Å². The van der Waals surface area contributed by atoms with Gasteiger partial charge in [-0.3, -0.25) is 4.79 Å². The molecule has 6 nitrogen and oxygen atoms in total. The molecular formula is C17H20ClN5O. The molecule has 4 rings (SSSR count). The predicted molar refractivity (Wildman–Crippen MR) is 93.0 cm³/mol. The maximum atomic E-state index is 12.9. The zero-order valence-electron chi connectivity index (χ0n) is 13.5. The van der Waals surface area contributed by atoms with Crippen molar-refractivity contribution in [3.05, 3.63) is 35.0 Å². The van der Waals surface area contributed by atoms with Crippen LogP contribution in [0.1, 0.15) is 36.2 Å². The third kappa shape index (κ3) is 2.86. The van der Waals surface area contributed by atoms with Crippen molar-refractivity contribution in [3.63, 3.8) is 0 Å². The molecule has 7 heteroatoms. The Hall–Kier alpha value is -2.08. The molecule has 2 aliphatic heterocycles. The molecular weight excluding hydrogens is 326 g/mol. The van der Waals surface area contributed by atoms with Gasteiger partial charge in [0.05, 0.1) is 5.69 Å². The monoisotopic (exact) mass is 345 g/mol. The Kier molecular flexibility index (Phi) is 4.14. The third-order valence-corrected chi connectivity index (χ3v) is 4.91. The number of carbonyl (C=O) groups excluding carboxylic acids is 1. The van der Waals surface area contributed by atoms with Crippen molar-refractivity contribution in [2.75, 3.05) is 31.1 Å². The van der Waals surface area contributed by atoms with Crippen molar-refractivity contribution in [1.82, 2.24) is 19.9 Å². The van der Waals surface area contributed by atoms with Gasteiger partial charge in [0.25, 0.3) is 5.91 Å². The lowest BCUT2D eigenvalue weighted by Gasteiger charge is -2.18. The second-order valence-corrected chi connectivity index (χ2v) is 6.77. The molecule has 1 amide bonds. The average molecular weight is 346 g/mol. The molecule has 2 saturated heterocycles. The number of hydrogen-bond donors (Lipinski definition) is 0. The number of anilines is 1. The van der Waals surface area contributed by atoms with E-state index in [-0.39, 0.29) is 5.91 Å². The van der Waals surface area contributed by atoms with E-state index in [0.717, 1.165) is 57.5 Å². The summed E-state index contributed by atoms with van der Waals surface area (Å²) in [6.07, 6.45) is 4.39. The number of rotatable bonds is 3. The van der Waals surface area contributed by atoms with Gasteiger partial charge in [0.2, 0.25) is 0 Å². The van der Waals surface area contributed by atoms with Crippen LogP contribution in [0, 0.1) is 0 Å². The summed E-state index contributed by atoms with van der Waals surface area (Å²) in [7, 11) is 0. The molecule has 2 aliphatic rings. The molecule has 0 unspecified atom stereocenters. The molecule has 0 spiro atoms. The van der Waals surface area contributed by atoms with Gasteiger partial charge in [-0.15, -0.1) is 15.0 Å². The largest absolute Gasteiger partial charge is 0.353 e. The van der Waals surface area contributed by atoms with Crippen LogP contribution in [-0.2, 0) is 0 Å². The van der Waals surface area contributed by atoms with Gasteiger partial charge in [0.1, 0.15) is 0 Å². The minimum Gasteiger partial charge on any atom is -0.353 e. The molecule has 0 N–H and O–H groups in total. The van der Waals surface area contributed by atoms with Crippen LogP contribution in [0.4, 0.5) is 5.82 Å². The van der Waals surface area contributed by atoms with Gasteiger partial charge in [0, 0.05) is 31.2 Å². The highest BCUT2D eigenvalue weighted by molar-refractivity contribution is 6.30. The third-order valence-electron chi connectivity index (χ3n) is 4.65. The summed E-state index contributed by atoms with van der Waals surface area (Å²) in [5, 5.41) is 9.82. The van der Waals surface area contributed by atoms with E-state index in [2.05, 4.69) is 15.1 Å². The maximum absolute atomic E-state index is 12.9. The van der Waals surface area contributed by atoms with Crippen molar-refractivity contribution in [1.29, 1.82) is 0 Å². The number of aromatic nitrogens is 3. The van der Waals surface area contributed by atoms with Gasteiger partial charge < -0.3 is 9.80 Å². The Morgan fingerprint density at radius 3 is 2.21 bits per heavy atom. The fourth-order valence-electron chi connectivity index (χ4n) is 3.34. The van der Waals surface area contributed by atoms with E-state index in [1.165, 1.54) is 0 Å². The number of carbonyl (C=O) groups is 1. The van der Waals surface area contributed by atoms with Crippen LogP contribution < -0.4 is 4.90 Å². The second-order valence-electron chi connectivity index (χ2n) is 6.33. The van der Waals surface area contributed by atoms with E-state index in [4.69, 9.17) is 11.6 Å². The van der Waals surface area contributed by atoms with Gasteiger partial charge in [0.15, 0.2) is 11.5 Å². The number of benzene rings is 1. The number of nitrogens with zero attached hydrogens (tertiary/aromatic N) is 5. The Morgan fingerprint density at radius 2 is 1.54 bits per heavy atom. The van der Waals surface area contributed by atoms with Crippen LogP contribution in [0.25, 0.3) is 5.69 Å². The van der Waals surface area contributed by atoms with Gasteiger partial charge in [-0.1, -0.05) is 11.6 Å². The summed E-state index contributed by atoms with van der Waals surface area (Å²) >= 11 is 5.96. The topological polar surface area (TPSA) is 54.3 Å². The summed E-state index contributed by atoms with van der Waals surface area (Å²) < 4.78 is 0. The minimum absolute atomic E-state index is 0.00499. The van der Waals surface area contributed by atoms with Crippen LogP contribution in [0.2, 0.25) is 5.02 Å². The van der Waals surface area contributed by atoms with Crippen molar-refractivity contribution in [2.24, 2.45) is 0 Å². The zero-order chi connectivity index (χ0) is 16.5. The molecule has 3 heterocycles. The van der Waals surface area contributed by atoms with Crippen LogP contribution in [0.5, 0.6) is 0 Å². The molecule has 126 valence electrons. The molecule has 0 saturated carbocycles. The normalized spacial score (nSPS) is 17.7. The molecule has 0 bridgehead atoms. The standard InChI is InChI=1S/C17H20ClN5O/c18-13-5-7-14(8-6-13)23-19-15(17(24)22-11-3-4-12-22)16(20-23)21-9-1-2-10-21/h5-8H,1-4,9-12H2. The lowest BCUT2D eigenvalue weighted by Crippen LogP contribution is -2.30. The van der Waals surface area contributed by atoms with Crippen LogP contribution in [0.3, 0.4) is 0 Å². The van der Waals surface area contributed by atoms with Gasteiger partial charge in [-0.05, 0) is 49.9 Å². The smallest absolute Gasteiger partial charge is 0.278 e. The number of halogens is 1. The molecule has 1 aromatic heterocycles. The Labute approximate surface area is 146 Å². The van der Waals surface area contributed by atoms with Gasteiger partial charge in [-0.25, -0.2) is 0 Å². The first-order valence-electron chi connectivity index (χ1n) is 8.50. The van der Waals surface area contributed by atoms with Gasteiger partial charge >= 0.3 is 0 Å². The first kappa shape index (κ1) is 15.4. The molecule has 1 aromatic carbocycles. The highest BCUT2D eigenvalue weighted by Crippen LogP contribution is 2.25. The Balaban J connectivity index is 1.72. The Morgan fingerprint density at radius 1 is 0.917 bits per heavy atom. The average Bonchev–Trinajstić information content (AvgIpc) is 3.34. The number of likely N-dealkylation sites (tertiary alicyclic amines) is 1. The zero-order valence-corrected chi connectivity index (χ0v) is 14.2. The van der Waals surface area contributed by atoms with E-state index in [0.29, 0.717) is 16.5 Å². The molecule has 2 fully saturated rings. The SMILES string of the molecule is O=C(c1nn(-c2ccc(Cl)cc2)nc1N1CCCC1)N1CCCC1. The quantitative estimate of drug-likeness (QED) is 0.858. The lowest BCUT2D eigenvalue weighted by atomic mass is 10.3. The summed E-state index contributed by atoms with van der Waals surface area (Å²) in [5.74, 6) is 0.703. The van der Waals surface area contributed by atoms with E-state index in [9.17, 15) is 4.79 Å². The molecule has 0 aliphatic carbocycles. The molecule has 24 heavy (non-hydrogen) atoms. The number of hydrogen-bond acceptors (Lipinski definition) is 4. The molecule has 0 atom stereocenters. The fourth-order valence-corrected chi connectivity index (χ4v) is 3.47. The number of amides is 1. The minimum atomic E-state index is -0.00499. The summed E-state index contributed by atoms with van der Waals surface area (Å²) in [6, 6.07) is 7.33. The first-order chi connectivity index (χ1) is 11.7. The molecule has 0 radical (unpaired) electrons. The first-order valence-corrected chi connectivity index (χ1v) is 8.88. The van der Waals surface area contributed by atoms with Crippen LogP contribution in [0.15, 0.2) is 24.3 Å². The predicted octanol–water partition coefficient (Wildman–Crippen LogP) is 2.76. The summed E-state index contributed by atoms with van der Waals surface area (Å²) in [6.45, 7) is 3.48. The lowest BCUT2D eigenvalue weighted by molar-refractivity contribution is 0.0787. The maximum Gasteiger partial charge on any atom is 0.278 e. The molecule has 2 aromatic rings. The van der Waals surface area contributed by atoms with E-state index >= 15 is 0 Å². The second kappa shape index (κ2) is 6.43. The fraction of sp³-hybridized carbons (Fsp3) is 0.471. The van der Waals surface area contributed by atoms with Crippen molar-refractivity contribution in [3.8, 4) is 5.69 Å². The summed E-state index contributed by atoms with van der Waals surface area (Å²) in [4.78, 5) is 18.5. The van der Waals surface area contributed by atoms with Crippen LogP contribution in [-0.4, -0.2) is 52.0 Å². The van der Waals surface area contributed by atoms with Crippen molar-refractivity contribution >= 4 is 23.3 Å². The van der Waals surface area contributed by atoms with Gasteiger partial charge in [-0.2, -0.15) is 0 Å². The highest BCUT2D eigenvalue weighted by Gasteiger charge is 2.30. The van der Waals surface area contributed by atoms with Crippen molar-refractivity contribution < 1.29 is 4.79 Å². The Bertz CT molecular complexity index is 730. The van der Waals surface area contributed by atoms with E-state index in [1.807, 2.05) is 17.0 Å². The van der Waals surface area contributed by atoms with E-state index < -0.39 is 0 Å². The highest BCUT2D eigenvalue weighted by atomic mass is 35.5.